The summed E-state index contributed by atoms with van der Waals surface area (Å²) in [4.78, 5) is 8.63. The minimum absolute atomic E-state index is 0.0609. The normalized spacial score (nSPS) is 19.7. The van der Waals surface area contributed by atoms with E-state index in [1.54, 1.807) is 11.9 Å². The number of hydrogen-bond donors (Lipinski definition) is 2. The first-order valence-electron chi connectivity index (χ1n) is 9.53. The topological polar surface area (TPSA) is 76.3 Å². The van der Waals surface area contributed by atoms with Gasteiger partial charge in [-0.1, -0.05) is 11.9 Å². The van der Waals surface area contributed by atoms with Gasteiger partial charge in [-0.15, -0.1) is 0 Å². The lowest BCUT2D eigenvalue weighted by Gasteiger charge is -2.30. The highest BCUT2D eigenvalue weighted by Crippen LogP contribution is 2.34. The zero-order chi connectivity index (χ0) is 21.3. The van der Waals surface area contributed by atoms with Crippen LogP contribution in [0.15, 0.2) is 18.2 Å². The van der Waals surface area contributed by atoms with Gasteiger partial charge < -0.3 is 15.8 Å². The van der Waals surface area contributed by atoms with E-state index in [2.05, 4.69) is 19.6 Å². The lowest BCUT2D eigenvalue weighted by atomic mass is 10.1. The molecule has 2 aliphatic rings. The molecule has 0 spiro atoms. The third kappa shape index (κ3) is 5.11. The fourth-order valence-electron chi connectivity index (χ4n) is 3.57. The molecule has 1 aromatic carbocycles. The van der Waals surface area contributed by atoms with Gasteiger partial charge in [-0.3, -0.25) is 0 Å². The Morgan fingerprint density at radius 1 is 1.30 bits per heavy atom. The first-order valence-corrected chi connectivity index (χ1v) is 10.7. The van der Waals surface area contributed by atoms with Gasteiger partial charge in [-0.25, -0.2) is 14.3 Å². The van der Waals surface area contributed by atoms with Gasteiger partial charge in [0.05, 0.1) is 17.9 Å². The van der Waals surface area contributed by atoms with E-state index in [4.69, 9.17) is 22.1 Å². The van der Waals surface area contributed by atoms with E-state index in [-0.39, 0.29) is 17.5 Å². The van der Waals surface area contributed by atoms with Crippen LogP contribution in [0, 0.1) is 0 Å². The van der Waals surface area contributed by atoms with Crippen LogP contribution in [-0.4, -0.2) is 39.3 Å². The molecule has 0 radical (unpaired) electrons. The second-order valence-corrected chi connectivity index (χ2v) is 9.02. The van der Waals surface area contributed by atoms with Crippen LogP contribution in [0.4, 0.5) is 24.7 Å². The minimum Gasteiger partial charge on any atom is -0.399 e. The fourth-order valence-corrected chi connectivity index (χ4v) is 4.94. The van der Waals surface area contributed by atoms with E-state index < -0.39 is 11.7 Å². The van der Waals surface area contributed by atoms with E-state index in [1.807, 2.05) is 0 Å². The number of nitrogens with zero attached hydrogens (tertiary/aromatic N) is 3. The molecule has 1 fully saturated rings. The van der Waals surface area contributed by atoms with Crippen molar-refractivity contribution in [3.63, 3.8) is 0 Å². The van der Waals surface area contributed by atoms with Crippen molar-refractivity contribution in [1.82, 2.24) is 14.3 Å². The Kier molecular flexibility index (Phi) is 6.29. The summed E-state index contributed by atoms with van der Waals surface area (Å²) >= 11 is 7.86. The molecule has 0 amide bonds. The molecule has 1 atom stereocenters. The summed E-state index contributed by atoms with van der Waals surface area (Å²) in [6.07, 6.45) is -2.71. The van der Waals surface area contributed by atoms with Crippen LogP contribution >= 0.6 is 23.5 Å². The molecule has 11 heteroatoms. The number of halogens is 4. The second-order valence-electron chi connectivity index (χ2n) is 7.29. The van der Waals surface area contributed by atoms with E-state index in [9.17, 15) is 13.2 Å². The lowest BCUT2D eigenvalue weighted by Crippen LogP contribution is -2.29. The number of ether oxygens (including phenoxy) is 1. The molecule has 3 heterocycles. The monoisotopic (exact) mass is 459 g/mol. The Bertz CT molecular complexity index is 924. The van der Waals surface area contributed by atoms with Gasteiger partial charge in [0.2, 0.25) is 5.28 Å². The first-order chi connectivity index (χ1) is 14.3. The molecule has 0 bridgehead atoms. The Balaban J connectivity index is 1.51. The van der Waals surface area contributed by atoms with Gasteiger partial charge >= 0.3 is 6.18 Å². The zero-order valence-corrected chi connectivity index (χ0v) is 17.6. The Hall–Kier alpha value is -1.75. The molecule has 3 N–H and O–H groups in total. The van der Waals surface area contributed by atoms with Crippen LogP contribution in [0.3, 0.4) is 0 Å². The number of benzene rings is 1. The van der Waals surface area contributed by atoms with E-state index >= 15 is 0 Å². The molecule has 6 nitrogen and oxygen atoms in total. The number of alkyl halides is 3. The number of nitrogen functional groups attached to an aromatic ring is 1. The van der Waals surface area contributed by atoms with Gasteiger partial charge in [0, 0.05) is 49.2 Å². The highest BCUT2D eigenvalue weighted by Gasteiger charge is 2.31. The van der Waals surface area contributed by atoms with Crippen molar-refractivity contribution in [2.45, 2.75) is 37.4 Å². The molecule has 1 aromatic heterocycles. The summed E-state index contributed by atoms with van der Waals surface area (Å²) in [5.41, 5.74) is 7.14. The zero-order valence-electron chi connectivity index (χ0n) is 16.0. The summed E-state index contributed by atoms with van der Waals surface area (Å²) in [5.74, 6) is 0.536. The highest BCUT2D eigenvalue weighted by molar-refractivity contribution is 7.97. The summed E-state index contributed by atoms with van der Waals surface area (Å²) in [5, 5.41) is 3.68. The molecular weight excluding hydrogens is 439 g/mol. The molecule has 4 rings (SSSR count). The molecule has 2 aliphatic heterocycles. The fraction of sp³-hybridized carbons (Fsp3) is 0.474. The van der Waals surface area contributed by atoms with Gasteiger partial charge in [0.15, 0.2) is 0 Å². The van der Waals surface area contributed by atoms with Crippen LogP contribution in [0.2, 0.25) is 5.28 Å². The number of anilines is 2. The van der Waals surface area contributed by atoms with Crippen molar-refractivity contribution in [3.05, 3.63) is 45.9 Å². The maximum absolute atomic E-state index is 13.1. The molecule has 162 valence electrons. The van der Waals surface area contributed by atoms with Crippen molar-refractivity contribution in [2.75, 3.05) is 30.8 Å². The summed E-state index contributed by atoms with van der Waals surface area (Å²) in [6.45, 7) is 3.13. The van der Waals surface area contributed by atoms with Crippen molar-refractivity contribution in [1.29, 1.82) is 0 Å². The molecule has 0 aliphatic carbocycles. The van der Waals surface area contributed by atoms with Gasteiger partial charge in [-0.05, 0) is 41.8 Å². The summed E-state index contributed by atoms with van der Waals surface area (Å²) < 4.78 is 46.9. The molecule has 2 aromatic rings. The van der Waals surface area contributed by atoms with Crippen molar-refractivity contribution >= 4 is 35.1 Å². The van der Waals surface area contributed by atoms with Crippen molar-refractivity contribution in [3.8, 4) is 0 Å². The largest absolute Gasteiger partial charge is 0.416 e. The summed E-state index contributed by atoms with van der Waals surface area (Å²) in [7, 11) is 0. The second kappa shape index (κ2) is 8.78. The standard InChI is InChI=1S/C19H21ClF3N5OS/c20-18-26-16-1-3-28(30-14-2-4-29-10-14)9-15(16)17(27-18)25-8-11-5-12(19(21,22)23)7-13(24)6-11/h5-7,14H,1-4,8-10,24H2,(H,25,26,27). The lowest BCUT2D eigenvalue weighted by molar-refractivity contribution is -0.137. The van der Waals surface area contributed by atoms with E-state index in [0.717, 1.165) is 56.0 Å². The van der Waals surface area contributed by atoms with Crippen molar-refractivity contribution in [2.24, 2.45) is 0 Å². The SMILES string of the molecule is Nc1cc(CNc2nc(Cl)nc3c2CN(SC2CCOC2)CC3)cc(C(F)(F)F)c1. The van der Waals surface area contributed by atoms with Gasteiger partial charge in [0.25, 0.3) is 0 Å². The highest BCUT2D eigenvalue weighted by atomic mass is 35.5. The number of nitrogens with two attached hydrogens (primary N) is 1. The number of aromatic nitrogens is 2. The molecule has 1 saturated heterocycles. The van der Waals surface area contributed by atoms with Gasteiger partial charge in [-0.2, -0.15) is 13.2 Å². The molecule has 30 heavy (non-hydrogen) atoms. The average Bonchev–Trinajstić information content (AvgIpc) is 3.18. The molecular formula is C19H21ClF3N5OS. The number of nitrogens with one attached hydrogen (secondary N) is 1. The average molecular weight is 460 g/mol. The van der Waals surface area contributed by atoms with E-state index in [0.29, 0.717) is 23.2 Å². The number of hydrogen-bond acceptors (Lipinski definition) is 7. The Morgan fingerprint density at radius 2 is 2.13 bits per heavy atom. The molecule has 0 saturated carbocycles. The minimum atomic E-state index is -4.46. The summed E-state index contributed by atoms with van der Waals surface area (Å²) in [6, 6.07) is 3.52. The maximum Gasteiger partial charge on any atom is 0.416 e. The van der Waals surface area contributed by atoms with Crippen LogP contribution in [0.1, 0.15) is 28.8 Å². The predicted molar refractivity (Wildman–Crippen MR) is 111 cm³/mol. The third-order valence-corrected chi connectivity index (χ3v) is 6.44. The third-order valence-electron chi connectivity index (χ3n) is 4.99. The number of fused-ring (bicyclic) bond motifs is 1. The smallest absolute Gasteiger partial charge is 0.399 e. The van der Waals surface area contributed by atoms with Crippen LogP contribution in [0.5, 0.6) is 0 Å². The first kappa shape index (κ1) is 21.5. The van der Waals surface area contributed by atoms with Gasteiger partial charge in [0.1, 0.15) is 5.82 Å². The number of rotatable bonds is 5. The quantitative estimate of drug-likeness (QED) is 0.395. The van der Waals surface area contributed by atoms with Crippen LogP contribution in [-0.2, 0) is 30.4 Å². The Labute approximate surface area is 181 Å². The molecule has 1 unspecified atom stereocenters. The van der Waals surface area contributed by atoms with Crippen molar-refractivity contribution < 1.29 is 17.9 Å². The van der Waals surface area contributed by atoms with Crippen LogP contribution < -0.4 is 11.1 Å². The van der Waals surface area contributed by atoms with Crippen LogP contribution in [0.25, 0.3) is 0 Å². The maximum atomic E-state index is 13.1. The predicted octanol–water partition coefficient (Wildman–Crippen LogP) is 4.14. The Morgan fingerprint density at radius 3 is 2.87 bits per heavy atom. The van der Waals surface area contributed by atoms with E-state index in [1.165, 1.54) is 6.07 Å².